The molecule has 1 heterocycles. The van der Waals surface area contributed by atoms with E-state index in [2.05, 4.69) is 0 Å². The van der Waals surface area contributed by atoms with Gasteiger partial charge in [-0.25, -0.2) is 13.6 Å². The van der Waals surface area contributed by atoms with Gasteiger partial charge in [0, 0.05) is 6.07 Å². The van der Waals surface area contributed by atoms with Crippen molar-refractivity contribution >= 4 is 17.8 Å². The van der Waals surface area contributed by atoms with Gasteiger partial charge in [0.05, 0.1) is 11.1 Å². The first-order chi connectivity index (χ1) is 11.9. The lowest BCUT2D eigenvalue weighted by atomic mass is 10.1. The zero-order valence-electron chi connectivity index (χ0n) is 12.9. The molecule has 0 fully saturated rings. The number of carbonyl (C=O) groups is 3. The number of rotatable bonds is 4. The minimum Gasteiger partial charge on any atom is -0.479 e. The van der Waals surface area contributed by atoms with Crippen LogP contribution >= 0.6 is 0 Å². The molecule has 0 spiro atoms. The highest BCUT2D eigenvalue weighted by atomic mass is 19.2. The van der Waals surface area contributed by atoms with E-state index in [1.54, 1.807) is 12.1 Å². The fourth-order valence-corrected chi connectivity index (χ4v) is 2.22. The van der Waals surface area contributed by atoms with Crippen molar-refractivity contribution in [1.82, 2.24) is 5.06 Å². The van der Waals surface area contributed by atoms with Gasteiger partial charge in [-0.15, -0.1) is 0 Å². The van der Waals surface area contributed by atoms with Crippen molar-refractivity contribution in [2.45, 2.75) is 13.0 Å². The van der Waals surface area contributed by atoms with Crippen LogP contribution in [0.5, 0.6) is 5.75 Å². The Kier molecular flexibility index (Phi) is 4.18. The predicted octanol–water partition coefficient (Wildman–Crippen LogP) is 2.49. The third kappa shape index (κ3) is 3.06. The monoisotopic (exact) mass is 347 g/mol. The first kappa shape index (κ1) is 16.6. The average molecular weight is 347 g/mol. The van der Waals surface area contributed by atoms with Crippen molar-refractivity contribution in [2.24, 2.45) is 0 Å². The van der Waals surface area contributed by atoms with E-state index in [-0.39, 0.29) is 16.9 Å². The molecule has 2 aromatic rings. The number of fused-ring (bicyclic) bond motifs is 1. The summed E-state index contributed by atoms with van der Waals surface area (Å²) in [7, 11) is 0. The summed E-state index contributed by atoms with van der Waals surface area (Å²) >= 11 is 0. The first-order valence-electron chi connectivity index (χ1n) is 7.20. The summed E-state index contributed by atoms with van der Waals surface area (Å²) in [4.78, 5) is 41.0. The van der Waals surface area contributed by atoms with E-state index in [1.807, 2.05) is 0 Å². The van der Waals surface area contributed by atoms with Gasteiger partial charge >= 0.3 is 5.97 Å². The number of nitrogens with zero attached hydrogens (tertiary/aromatic N) is 1. The first-order valence-corrected chi connectivity index (χ1v) is 7.20. The second-order valence-electron chi connectivity index (χ2n) is 5.20. The smallest absolute Gasteiger partial charge is 0.373 e. The lowest BCUT2D eigenvalue weighted by Crippen LogP contribution is -2.37. The summed E-state index contributed by atoms with van der Waals surface area (Å²) in [6.45, 7) is 1.28. The third-order valence-corrected chi connectivity index (χ3v) is 3.47. The summed E-state index contributed by atoms with van der Waals surface area (Å²) in [5.41, 5.74) is 0.240. The maximum absolute atomic E-state index is 13.1. The molecule has 1 aliphatic rings. The third-order valence-electron chi connectivity index (χ3n) is 3.47. The molecule has 8 heteroatoms. The number of carbonyl (C=O) groups excluding carboxylic acids is 3. The lowest BCUT2D eigenvalue weighted by molar-refractivity contribution is -0.176. The van der Waals surface area contributed by atoms with Crippen LogP contribution in [0.25, 0.3) is 0 Å². The molecule has 0 aromatic heterocycles. The molecule has 0 radical (unpaired) electrons. The van der Waals surface area contributed by atoms with Crippen LogP contribution in [0.4, 0.5) is 8.78 Å². The number of imide groups is 1. The second kappa shape index (κ2) is 6.31. The topological polar surface area (TPSA) is 72.9 Å². The number of hydrogen-bond acceptors (Lipinski definition) is 5. The standard InChI is InChI=1S/C17H11F2NO5/c1-9(24-10-6-7-13(18)14(19)8-10)17(23)25-20-15(21)11-4-2-3-5-12(11)16(20)22/h2-9H,1H3. The van der Waals surface area contributed by atoms with Crippen LogP contribution in [0, 0.1) is 11.6 Å². The number of hydrogen-bond donors (Lipinski definition) is 0. The molecule has 0 aliphatic carbocycles. The molecular formula is C17H11F2NO5. The zero-order valence-corrected chi connectivity index (χ0v) is 12.9. The van der Waals surface area contributed by atoms with Gasteiger partial charge < -0.3 is 9.57 Å². The Labute approximate surface area is 140 Å². The number of halogens is 2. The molecule has 0 N–H and O–H groups in total. The normalized spacial score (nSPS) is 14.3. The van der Waals surface area contributed by atoms with Crippen molar-refractivity contribution in [3.05, 3.63) is 65.2 Å². The molecule has 0 bridgehead atoms. The van der Waals surface area contributed by atoms with Crippen LogP contribution < -0.4 is 4.74 Å². The van der Waals surface area contributed by atoms with Gasteiger partial charge in [-0.2, -0.15) is 0 Å². The highest BCUT2D eigenvalue weighted by molar-refractivity contribution is 6.20. The number of benzene rings is 2. The van der Waals surface area contributed by atoms with Gasteiger partial charge in [0.25, 0.3) is 11.8 Å². The summed E-state index contributed by atoms with van der Waals surface area (Å²) in [5.74, 6) is -4.89. The van der Waals surface area contributed by atoms with Gasteiger partial charge in [0.15, 0.2) is 17.7 Å². The molecule has 128 valence electrons. The van der Waals surface area contributed by atoms with Crippen molar-refractivity contribution in [2.75, 3.05) is 0 Å². The van der Waals surface area contributed by atoms with E-state index in [9.17, 15) is 23.2 Å². The molecule has 2 amide bonds. The summed E-state index contributed by atoms with van der Waals surface area (Å²) in [6, 6.07) is 8.75. The fourth-order valence-electron chi connectivity index (χ4n) is 2.22. The Bertz CT molecular complexity index is 848. The van der Waals surface area contributed by atoms with E-state index in [1.165, 1.54) is 19.1 Å². The lowest BCUT2D eigenvalue weighted by Gasteiger charge is -2.17. The maximum atomic E-state index is 13.1. The van der Waals surface area contributed by atoms with Crippen molar-refractivity contribution in [3.63, 3.8) is 0 Å². The molecule has 1 atom stereocenters. The van der Waals surface area contributed by atoms with Crippen molar-refractivity contribution in [1.29, 1.82) is 0 Å². The van der Waals surface area contributed by atoms with Gasteiger partial charge in [-0.3, -0.25) is 9.59 Å². The SMILES string of the molecule is CC(Oc1ccc(F)c(F)c1)C(=O)ON1C(=O)c2ccccc2C1=O. The summed E-state index contributed by atoms with van der Waals surface area (Å²) in [6.07, 6.45) is -1.27. The minimum absolute atomic E-state index is 0.106. The van der Waals surface area contributed by atoms with Crippen LogP contribution in [0.3, 0.4) is 0 Å². The highest BCUT2D eigenvalue weighted by Gasteiger charge is 2.39. The Morgan fingerprint density at radius 3 is 2.16 bits per heavy atom. The van der Waals surface area contributed by atoms with Gasteiger partial charge in [0.1, 0.15) is 5.75 Å². The fraction of sp³-hybridized carbons (Fsp3) is 0.118. The van der Waals surface area contributed by atoms with Crippen LogP contribution in [-0.4, -0.2) is 29.0 Å². The van der Waals surface area contributed by atoms with E-state index in [0.29, 0.717) is 5.06 Å². The minimum atomic E-state index is -1.27. The Morgan fingerprint density at radius 1 is 1.00 bits per heavy atom. The average Bonchev–Trinajstić information content (AvgIpc) is 2.83. The Morgan fingerprint density at radius 2 is 1.60 bits per heavy atom. The van der Waals surface area contributed by atoms with E-state index >= 15 is 0 Å². The Balaban J connectivity index is 1.69. The van der Waals surface area contributed by atoms with Crippen LogP contribution in [0.15, 0.2) is 42.5 Å². The molecule has 2 aromatic carbocycles. The molecule has 0 saturated carbocycles. The molecular weight excluding hydrogens is 336 g/mol. The van der Waals surface area contributed by atoms with Crippen molar-refractivity contribution in [3.8, 4) is 5.75 Å². The summed E-state index contributed by atoms with van der Waals surface area (Å²) in [5, 5.41) is 0.345. The molecule has 25 heavy (non-hydrogen) atoms. The number of ether oxygens (including phenoxy) is 1. The molecule has 1 unspecified atom stereocenters. The van der Waals surface area contributed by atoms with Gasteiger partial charge in [0.2, 0.25) is 0 Å². The van der Waals surface area contributed by atoms with Gasteiger partial charge in [-0.1, -0.05) is 17.2 Å². The zero-order chi connectivity index (χ0) is 18.1. The highest BCUT2D eigenvalue weighted by Crippen LogP contribution is 2.23. The quantitative estimate of drug-likeness (QED) is 0.795. The number of hydroxylamine groups is 2. The number of amides is 2. The van der Waals surface area contributed by atoms with Gasteiger partial charge in [-0.05, 0) is 31.2 Å². The molecule has 0 saturated heterocycles. The van der Waals surface area contributed by atoms with E-state index in [0.717, 1.165) is 18.2 Å². The predicted molar refractivity (Wildman–Crippen MR) is 79.5 cm³/mol. The van der Waals surface area contributed by atoms with Crippen LogP contribution in [0.2, 0.25) is 0 Å². The maximum Gasteiger partial charge on any atom is 0.373 e. The van der Waals surface area contributed by atoms with Crippen LogP contribution in [-0.2, 0) is 9.63 Å². The molecule has 3 rings (SSSR count). The molecule has 6 nitrogen and oxygen atoms in total. The second-order valence-corrected chi connectivity index (χ2v) is 5.20. The summed E-state index contributed by atoms with van der Waals surface area (Å²) < 4.78 is 31.2. The van der Waals surface area contributed by atoms with E-state index in [4.69, 9.17) is 9.57 Å². The Hall–Kier alpha value is -3.29. The van der Waals surface area contributed by atoms with Crippen molar-refractivity contribution < 1.29 is 32.7 Å². The van der Waals surface area contributed by atoms with Crippen LogP contribution in [0.1, 0.15) is 27.6 Å². The van der Waals surface area contributed by atoms with E-state index < -0.39 is 35.5 Å². The largest absolute Gasteiger partial charge is 0.479 e. The molecule has 1 aliphatic heterocycles.